The fourth-order valence-electron chi connectivity index (χ4n) is 2.73. The molecule has 0 unspecified atom stereocenters. The summed E-state index contributed by atoms with van der Waals surface area (Å²) in [5.74, 6) is -0.647. The van der Waals surface area contributed by atoms with Gasteiger partial charge in [-0.15, -0.1) is 10.2 Å². The summed E-state index contributed by atoms with van der Waals surface area (Å²) in [5.41, 5.74) is 4.87. The molecule has 0 aromatic carbocycles. The molecule has 7 nitrogen and oxygen atoms in total. The Hall–Kier alpha value is -1.89. The van der Waals surface area contributed by atoms with Gasteiger partial charge in [-0.1, -0.05) is 24.4 Å². The molecular weight excluding hydrogens is 308 g/mol. The van der Waals surface area contributed by atoms with Crippen LogP contribution in [0.15, 0.2) is 6.07 Å². The van der Waals surface area contributed by atoms with Crippen LogP contribution in [-0.2, 0) is 9.53 Å². The summed E-state index contributed by atoms with van der Waals surface area (Å²) in [6.07, 6.45) is 3.42. The molecule has 1 aliphatic carbocycles. The molecule has 1 aromatic rings. The molecule has 1 aromatic heterocycles. The van der Waals surface area contributed by atoms with Gasteiger partial charge < -0.3 is 15.8 Å². The van der Waals surface area contributed by atoms with E-state index in [1.54, 1.807) is 6.92 Å². The minimum atomic E-state index is -0.657. The summed E-state index contributed by atoms with van der Waals surface area (Å²) >= 11 is 5.72. The number of ether oxygens (including phenoxy) is 1. The van der Waals surface area contributed by atoms with Crippen molar-refractivity contribution in [3.63, 3.8) is 0 Å². The van der Waals surface area contributed by atoms with Crippen LogP contribution in [0, 0.1) is 5.41 Å². The van der Waals surface area contributed by atoms with Gasteiger partial charge in [0.15, 0.2) is 11.0 Å². The van der Waals surface area contributed by atoms with E-state index in [1.807, 2.05) is 0 Å². The van der Waals surface area contributed by atoms with E-state index < -0.39 is 11.3 Å². The van der Waals surface area contributed by atoms with Crippen molar-refractivity contribution in [2.24, 2.45) is 11.1 Å². The predicted octanol–water partition coefficient (Wildman–Crippen LogP) is 1.76. The Bertz CT molecular complexity index is 573. The van der Waals surface area contributed by atoms with E-state index in [4.69, 9.17) is 22.1 Å². The molecule has 0 saturated heterocycles. The molecule has 0 atom stereocenters. The monoisotopic (exact) mass is 326 g/mol. The third kappa shape index (κ3) is 3.47. The quantitative estimate of drug-likeness (QED) is 0.771. The van der Waals surface area contributed by atoms with Gasteiger partial charge >= 0.3 is 5.97 Å². The summed E-state index contributed by atoms with van der Waals surface area (Å²) in [7, 11) is 0. The lowest BCUT2D eigenvalue weighted by Crippen LogP contribution is -2.37. The smallest absolute Gasteiger partial charge is 0.313 e. The van der Waals surface area contributed by atoms with Gasteiger partial charge in [0.05, 0.1) is 17.6 Å². The highest BCUT2D eigenvalue weighted by Gasteiger charge is 2.42. The lowest BCUT2D eigenvalue weighted by atomic mass is 9.86. The van der Waals surface area contributed by atoms with Crippen molar-refractivity contribution in [1.82, 2.24) is 10.2 Å². The summed E-state index contributed by atoms with van der Waals surface area (Å²) in [5, 5.41) is 10.6. The zero-order valence-corrected chi connectivity index (χ0v) is 13.2. The molecule has 8 heteroatoms. The van der Waals surface area contributed by atoms with Crippen LogP contribution in [0.3, 0.4) is 0 Å². The number of amides is 1. The number of carbonyl (C=O) groups excluding carboxylic acids is 2. The Labute approximate surface area is 133 Å². The van der Waals surface area contributed by atoms with E-state index in [2.05, 4.69) is 15.5 Å². The fourth-order valence-corrected chi connectivity index (χ4v) is 2.88. The van der Waals surface area contributed by atoms with Gasteiger partial charge in [0.2, 0.25) is 0 Å². The standard InChI is InChI=1S/C14H19ClN4O3/c1-2-22-13(21)14(5-3-4-6-14)8-17-12-9(11(16)20)7-10(15)18-19-12/h7H,2-6,8H2,1H3,(H2,16,20)(H,17,19). The first-order chi connectivity index (χ1) is 10.5. The second-order valence-corrected chi connectivity index (χ2v) is 5.74. The SMILES string of the molecule is CCOC(=O)C1(CNc2nnc(Cl)cc2C(N)=O)CCCC1. The molecule has 0 bridgehead atoms. The number of anilines is 1. The van der Waals surface area contributed by atoms with Crippen LogP contribution in [0.5, 0.6) is 0 Å². The molecular formula is C14H19ClN4O3. The molecule has 1 saturated carbocycles. The maximum atomic E-state index is 12.3. The fraction of sp³-hybridized carbons (Fsp3) is 0.571. The summed E-state index contributed by atoms with van der Waals surface area (Å²) < 4.78 is 5.19. The van der Waals surface area contributed by atoms with Gasteiger partial charge in [0.1, 0.15) is 0 Å². The molecule has 3 N–H and O–H groups in total. The molecule has 1 amide bonds. The first-order valence-corrected chi connectivity index (χ1v) is 7.60. The van der Waals surface area contributed by atoms with Crippen LogP contribution in [0.2, 0.25) is 5.15 Å². The van der Waals surface area contributed by atoms with Crippen LogP contribution in [0.25, 0.3) is 0 Å². The Morgan fingerprint density at radius 1 is 1.41 bits per heavy atom. The van der Waals surface area contributed by atoms with Crippen LogP contribution >= 0.6 is 11.6 Å². The summed E-state index contributed by atoms with van der Waals surface area (Å²) in [6.45, 7) is 2.44. The third-order valence-corrected chi connectivity index (χ3v) is 4.08. The van der Waals surface area contributed by atoms with Gasteiger partial charge in [-0.05, 0) is 25.8 Å². The number of nitrogens with one attached hydrogen (secondary N) is 1. The van der Waals surface area contributed by atoms with Gasteiger partial charge in [0.25, 0.3) is 5.91 Å². The molecule has 1 heterocycles. The van der Waals surface area contributed by atoms with Gasteiger partial charge in [-0.3, -0.25) is 9.59 Å². The van der Waals surface area contributed by atoms with E-state index in [0.29, 0.717) is 13.2 Å². The average molecular weight is 327 g/mol. The van der Waals surface area contributed by atoms with E-state index >= 15 is 0 Å². The van der Waals surface area contributed by atoms with Crippen molar-refractivity contribution < 1.29 is 14.3 Å². The zero-order valence-electron chi connectivity index (χ0n) is 12.4. The number of nitrogens with zero attached hydrogens (tertiary/aromatic N) is 2. The van der Waals surface area contributed by atoms with E-state index in [1.165, 1.54) is 6.07 Å². The Morgan fingerprint density at radius 2 is 2.09 bits per heavy atom. The molecule has 2 rings (SSSR count). The molecule has 120 valence electrons. The van der Waals surface area contributed by atoms with E-state index in [-0.39, 0.29) is 22.5 Å². The van der Waals surface area contributed by atoms with Crippen molar-refractivity contribution in [3.05, 3.63) is 16.8 Å². The summed E-state index contributed by atoms with van der Waals surface area (Å²) in [6, 6.07) is 1.35. The lowest BCUT2D eigenvalue weighted by molar-refractivity contribution is -0.154. The van der Waals surface area contributed by atoms with Crippen molar-refractivity contribution >= 4 is 29.3 Å². The number of aromatic nitrogens is 2. The van der Waals surface area contributed by atoms with Gasteiger partial charge in [0, 0.05) is 6.54 Å². The number of primary amides is 1. The molecule has 22 heavy (non-hydrogen) atoms. The first-order valence-electron chi connectivity index (χ1n) is 7.22. The largest absolute Gasteiger partial charge is 0.466 e. The first kappa shape index (κ1) is 16.5. The molecule has 1 aliphatic rings. The minimum Gasteiger partial charge on any atom is -0.466 e. The van der Waals surface area contributed by atoms with Crippen LogP contribution in [0.4, 0.5) is 5.82 Å². The maximum absolute atomic E-state index is 12.3. The Balaban J connectivity index is 2.17. The minimum absolute atomic E-state index is 0.0836. The molecule has 0 spiro atoms. The number of halogens is 1. The number of esters is 1. The Morgan fingerprint density at radius 3 is 2.68 bits per heavy atom. The zero-order chi connectivity index (χ0) is 16.2. The molecule has 0 radical (unpaired) electrons. The predicted molar refractivity (Wildman–Crippen MR) is 81.6 cm³/mol. The topological polar surface area (TPSA) is 107 Å². The van der Waals surface area contributed by atoms with E-state index in [9.17, 15) is 9.59 Å². The number of nitrogens with two attached hydrogens (primary N) is 1. The van der Waals surface area contributed by atoms with Gasteiger partial charge in [-0.25, -0.2) is 0 Å². The lowest BCUT2D eigenvalue weighted by Gasteiger charge is -2.27. The van der Waals surface area contributed by atoms with Crippen LogP contribution < -0.4 is 11.1 Å². The second kappa shape index (κ2) is 6.91. The van der Waals surface area contributed by atoms with Crippen molar-refractivity contribution in [2.45, 2.75) is 32.6 Å². The Kier molecular flexibility index (Phi) is 5.18. The third-order valence-electron chi connectivity index (χ3n) is 3.89. The van der Waals surface area contributed by atoms with Crippen molar-refractivity contribution in [2.75, 3.05) is 18.5 Å². The summed E-state index contributed by atoms with van der Waals surface area (Å²) in [4.78, 5) is 23.7. The number of hydrogen-bond donors (Lipinski definition) is 2. The second-order valence-electron chi connectivity index (χ2n) is 5.36. The van der Waals surface area contributed by atoms with Crippen molar-refractivity contribution in [3.8, 4) is 0 Å². The number of carbonyl (C=O) groups is 2. The average Bonchev–Trinajstić information content (AvgIpc) is 2.96. The van der Waals surface area contributed by atoms with E-state index in [0.717, 1.165) is 25.7 Å². The normalized spacial score (nSPS) is 16.3. The van der Waals surface area contributed by atoms with Crippen LogP contribution in [0.1, 0.15) is 43.0 Å². The van der Waals surface area contributed by atoms with Crippen LogP contribution in [-0.4, -0.2) is 35.2 Å². The highest BCUT2D eigenvalue weighted by molar-refractivity contribution is 6.29. The van der Waals surface area contributed by atoms with Crippen molar-refractivity contribution in [1.29, 1.82) is 0 Å². The number of hydrogen-bond acceptors (Lipinski definition) is 6. The highest BCUT2D eigenvalue weighted by Crippen LogP contribution is 2.39. The maximum Gasteiger partial charge on any atom is 0.313 e. The van der Waals surface area contributed by atoms with Gasteiger partial charge in [-0.2, -0.15) is 0 Å². The molecule has 1 fully saturated rings. The number of rotatable bonds is 6. The molecule has 0 aliphatic heterocycles. The highest BCUT2D eigenvalue weighted by atomic mass is 35.5.